The molecular formula is C20H20N4O. The molecule has 5 nitrogen and oxygen atoms in total. The summed E-state index contributed by atoms with van der Waals surface area (Å²) in [5.41, 5.74) is 1.95. The molecule has 25 heavy (non-hydrogen) atoms. The summed E-state index contributed by atoms with van der Waals surface area (Å²) < 4.78 is 1.88. The van der Waals surface area contributed by atoms with Gasteiger partial charge >= 0.3 is 0 Å². The van der Waals surface area contributed by atoms with Crippen molar-refractivity contribution in [2.75, 3.05) is 6.54 Å². The molecule has 0 spiro atoms. The maximum atomic E-state index is 12.8. The molecule has 1 fully saturated rings. The molecule has 126 valence electrons. The van der Waals surface area contributed by atoms with E-state index in [9.17, 15) is 4.79 Å². The number of amides is 1. The highest BCUT2D eigenvalue weighted by Crippen LogP contribution is 2.30. The molecule has 1 amide bonds. The third kappa shape index (κ3) is 3.31. The highest BCUT2D eigenvalue weighted by atomic mass is 16.2. The summed E-state index contributed by atoms with van der Waals surface area (Å²) in [7, 11) is 0. The molecule has 1 aromatic carbocycles. The lowest BCUT2D eigenvalue weighted by atomic mass is 9.99. The standard InChI is InChI=1S/C20H20N4O/c25-19(10-9-16-6-2-1-3-7-16)24-13-5-4-8-18(24)17-11-14-23-15-12-21-20(23)22-17/h1-3,6-7,9-12,14-15,18H,4-5,8,13H2/b10-9+/t18-/m1/s1. The minimum absolute atomic E-state index is 0.0170. The zero-order valence-corrected chi connectivity index (χ0v) is 14.0. The molecular weight excluding hydrogens is 312 g/mol. The van der Waals surface area contributed by atoms with E-state index in [4.69, 9.17) is 0 Å². The molecule has 3 heterocycles. The van der Waals surface area contributed by atoms with Gasteiger partial charge < -0.3 is 4.90 Å². The number of carbonyl (C=O) groups is 1. The van der Waals surface area contributed by atoms with Gasteiger partial charge in [-0.15, -0.1) is 0 Å². The smallest absolute Gasteiger partial charge is 0.247 e. The Hall–Kier alpha value is -2.95. The minimum atomic E-state index is 0.0170. The fraction of sp³-hybridized carbons (Fsp3) is 0.250. The topological polar surface area (TPSA) is 50.5 Å². The van der Waals surface area contributed by atoms with Crippen LogP contribution < -0.4 is 0 Å². The van der Waals surface area contributed by atoms with Crippen molar-refractivity contribution in [1.82, 2.24) is 19.3 Å². The van der Waals surface area contributed by atoms with Gasteiger partial charge in [0.05, 0.1) is 11.7 Å². The van der Waals surface area contributed by atoms with Crippen LogP contribution in [0.4, 0.5) is 0 Å². The van der Waals surface area contributed by atoms with Gasteiger partial charge in [0, 0.05) is 31.2 Å². The molecule has 1 saturated heterocycles. The van der Waals surface area contributed by atoms with Crippen LogP contribution in [0.2, 0.25) is 0 Å². The largest absolute Gasteiger partial charge is 0.331 e. The Morgan fingerprint density at radius 1 is 1.12 bits per heavy atom. The molecule has 1 aliphatic heterocycles. The Kier molecular flexibility index (Phi) is 4.29. The molecule has 0 unspecified atom stereocenters. The number of fused-ring (bicyclic) bond motifs is 1. The van der Waals surface area contributed by atoms with Crippen LogP contribution in [0.3, 0.4) is 0 Å². The van der Waals surface area contributed by atoms with E-state index in [1.54, 1.807) is 12.3 Å². The van der Waals surface area contributed by atoms with E-state index in [0.717, 1.165) is 37.1 Å². The number of hydrogen-bond donors (Lipinski definition) is 0. The maximum Gasteiger partial charge on any atom is 0.247 e. The minimum Gasteiger partial charge on any atom is -0.331 e. The van der Waals surface area contributed by atoms with Crippen molar-refractivity contribution in [2.24, 2.45) is 0 Å². The van der Waals surface area contributed by atoms with Gasteiger partial charge in [-0.05, 0) is 37.0 Å². The predicted molar refractivity (Wildman–Crippen MR) is 96.8 cm³/mol. The summed E-state index contributed by atoms with van der Waals surface area (Å²) >= 11 is 0. The van der Waals surface area contributed by atoms with Crippen molar-refractivity contribution in [1.29, 1.82) is 0 Å². The van der Waals surface area contributed by atoms with Gasteiger partial charge in [0.1, 0.15) is 0 Å². The van der Waals surface area contributed by atoms with Crippen molar-refractivity contribution >= 4 is 17.8 Å². The summed E-state index contributed by atoms with van der Waals surface area (Å²) in [6, 6.07) is 11.9. The predicted octanol–water partition coefficient (Wildman–Crippen LogP) is 3.50. The van der Waals surface area contributed by atoms with Gasteiger partial charge in [-0.25, -0.2) is 9.97 Å². The molecule has 1 aliphatic rings. The van der Waals surface area contributed by atoms with Crippen LogP contribution in [0.1, 0.15) is 36.6 Å². The number of rotatable bonds is 3. The number of aromatic nitrogens is 3. The van der Waals surface area contributed by atoms with E-state index < -0.39 is 0 Å². The van der Waals surface area contributed by atoms with Crippen LogP contribution in [0, 0.1) is 0 Å². The zero-order valence-electron chi connectivity index (χ0n) is 14.0. The zero-order chi connectivity index (χ0) is 17.1. The molecule has 5 heteroatoms. The van der Waals surface area contributed by atoms with E-state index in [2.05, 4.69) is 9.97 Å². The van der Waals surface area contributed by atoms with E-state index >= 15 is 0 Å². The van der Waals surface area contributed by atoms with Gasteiger partial charge in [0.25, 0.3) is 0 Å². The summed E-state index contributed by atoms with van der Waals surface area (Å²) in [4.78, 5) is 23.6. The Morgan fingerprint density at radius 2 is 2.00 bits per heavy atom. The molecule has 4 rings (SSSR count). The second kappa shape index (κ2) is 6.89. The lowest BCUT2D eigenvalue weighted by molar-refractivity contribution is -0.129. The second-order valence-electron chi connectivity index (χ2n) is 6.27. The van der Waals surface area contributed by atoms with Crippen molar-refractivity contribution < 1.29 is 4.79 Å². The first-order valence-corrected chi connectivity index (χ1v) is 8.64. The van der Waals surface area contributed by atoms with Gasteiger partial charge in [0.15, 0.2) is 0 Å². The average molecular weight is 332 g/mol. The number of carbonyl (C=O) groups excluding carboxylic acids is 1. The first-order valence-electron chi connectivity index (χ1n) is 8.64. The number of nitrogens with zero attached hydrogens (tertiary/aromatic N) is 4. The SMILES string of the molecule is O=C(/C=C/c1ccccc1)N1CCCC[C@@H]1c1ccn2ccnc2n1. The molecule has 3 aromatic rings. The van der Waals surface area contributed by atoms with Gasteiger partial charge in [-0.3, -0.25) is 9.20 Å². The Bertz CT molecular complexity index is 900. The van der Waals surface area contributed by atoms with Crippen LogP contribution in [0.25, 0.3) is 11.9 Å². The average Bonchev–Trinajstić information content (AvgIpc) is 3.15. The second-order valence-corrected chi connectivity index (χ2v) is 6.27. The highest BCUT2D eigenvalue weighted by Gasteiger charge is 2.28. The lowest BCUT2D eigenvalue weighted by Crippen LogP contribution is -2.37. The summed E-state index contributed by atoms with van der Waals surface area (Å²) in [5.74, 6) is 0.717. The number of likely N-dealkylation sites (tertiary alicyclic amines) is 1. The Labute approximate surface area is 146 Å². The van der Waals surface area contributed by atoms with Crippen LogP contribution >= 0.6 is 0 Å². The van der Waals surface area contributed by atoms with Gasteiger partial charge in [0.2, 0.25) is 11.7 Å². The van der Waals surface area contributed by atoms with E-state index in [1.807, 2.05) is 64.2 Å². The number of imidazole rings is 1. The van der Waals surface area contributed by atoms with Crippen molar-refractivity contribution in [3.05, 3.63) is 72.3 Å². The third-order valence-electron chi connectivity index (χ3n) is 4.63. The van der Waals surface area contributed by atoms with Crippen molar-refractivity contribution in [3.8, 4) is 0 Å². The number of piperidine rings is 1. The first kappa shape index (κ1) is 15.6. The monoisotopic (exact) mass is 332 g/mol. The fourth-order valence-corrected chi connectivity index (χ4v) is 3.33. The molecule has 2 aromatic heterocycles. The third-order valence-corrected chi connectivity index (χ3v) is 4.63. The highest BCUT2D eigenvalue weighted by molar-refractivity contribution is 5.92. The van der Waals surface area contributed by atoms with Gasteiger partial charge in [-0.2, -0.15) is 0 Å². The molecule has 0 bridgehead atoms. The van der Waals surface area contributed by atoms with E-state index in [-0.39, 0.29) is 11.9 Å². The number of benzene rings is 1. The van der Waals surface area contributed by atoms with Gasteiger partial charge in [-0.1, -0.05) is 30.3 Å². The Morgan fingerprint density at radius 3 is 2.88 bits per heavy atom. The first-order chi connectivity index (χ1) is 12.3. The number of hydrogen-bond acceptors (Lipinski definition) is 3. The molecule has 1 atom stereocenters. The Balaban J connectivity index is 1.57. The fourth-order valence-electron chi connectivity index (χ4n) is 3.33. The normalized spacial score (nSPS) is 18.1. The molecule has 0 radical (unpaired) electrons. The lowest BCUT2D eigenvalue weighted by Gasteiger charge is -2.34. The van der Waals surface area contributed by atoms with Crippen LogP contribution in [0.5, 0.6) is 0 Å². The van der Waals surface area contributed by atoms with E-state index in [1.165, 1.54) is 0 Å². The molecule has 0 aliphatic carbocycles. The summed E-state index contributed by atoms with van der Waals surface area (Å²) in [6.45, 7) is 0.768. The maximum absolute atomic E-state index is 12.8. The van der Waals surface area contributed by atoms with Crippen LogP contribution in [-0.4, -0.2) is 31.7 Å². The van der Waals surface area contributed by atoms with Crippen molar-refractivity contribution in [3.63, 3.8) is 0 Å². The van der Waals surface area contributed by atoms with Crippen LogP contribution in [-0.2, 0) is 4.79 Å². The van der Waals surface area contributed by atoms with E-state index in [0.29, 0.717) is 5.78 Å². The quantitative estimate of drug-likeness (QED) is 0.690. The van der Waals surface area contributed by atoms with Crippen molar-refractivity contribution in [2.45, 2.75) is 25.3 Å². The summed E-state index contributed by atoms with van der Waals surface area (Å²) in [6.07, 6.45) is 12.2. The molecule has 0 N–H and O–H groups in total. The summed E-state index contributed by atoms with van der Waals surface area (Å²) in [5, 5.41) is 0. The van der Waals surface area contributed by atoms with Crippen LogP contribution in [0.15, 0.2) is 61.1 Å². The molecule has 0 saturated carbocycles.